The van der Waals surface area contributed by atoms with Crippen LogP contribution in [0.2, 0.25) is 0 Å². The SMILES string of the molecule is CC(=O)Nc1cnc(N2CCCC2)nc1. The van der Waals surface area contributed by atoms with E-state index in [9.17, 15) is 4.79 Å². The Morgan fingerprint density at radius 3 is 2.47 bits per heavy atom. The maximum absolute atomic E-state index is 10.8. The van der Waals surface area contributed by atoms with E-state index in [2.05, 4.69) is 20.2 Å². The van der Waals surface area contributed by atoms with Gasteiger partial charge in [0, 0.05) is 20.0 Å². The van der Waals surface area contributed by atoms with Crippen LogP contribution in [-0.4, -0.2) is 29.0 Å². The predicted octanol–water partition coefficient (Wildman–Crippen LogP) is 1.04. The molecule has 1 aromatic heterocycles. The normalized spacial score (nSPS) is 15.4. The largest absolute Gasteiger partial charge is 0.341 e. The summed E-state index contributed by atoms with van der Waals surface area (Å²) in [5.74, 6) is 0.647. The smallest absolute Gasteiger partial charge is 0.225 e. The van der Waals surface area contributed by atoms with E-state index < -0.39 is 0 Å². The Labute approximate surface area is 88.5 Å². The maximum atomic E-state index is 10.8. The first-order valence-electron chi connectivity index (χ1n) is 5.10. The van der Waals surface area contributed by atoms with Crippen LogP contribution in [-0.2, 0) is 4.79 Å². The van der Waals surface area contributed by atoms with Gasteiger partial charge in [0.25, 0.3) is 0 Å². The highest BCUT2D eigenvalue weighted by Gasteiger charge is 2.14. The van der Waals surface area contributed by atoms with Gasteiger partial charge >= 0.3 is 0 Å². The van der Waals surface area contributed by atoms with Crippen molar-refractivity contribution in [2.24, 2.45) is 0 Å². The first kappa shape index (κ1) is 9.89. The molecule has 0 saturated carbocycles. The zero-order chi connectivity index (χ0) is 10.7. The van der Waals surface area contributed by atoms with E-state index in [1.807, 2.05) is 0 Å². The summed E-state index contributed by atoms with van der Waals surface area (Å²) >= 11 is 0. The summed E-state index contributed by atoms with van der Waals surface area (Å²) in [7, 11) is 0. The number of aromatic nitrogens is 2. The van der Waals surface area contributed by atoms with Gasteiger partial charge in [-0.05, 0) is 12.8 Å². The lowest BCUT2D eigenvalue weighted by Gasteiger charge is -2.14. The Bertz CT molecular complexity index is 343. The van der Waals surface area contributed by atoms with Crippen LogP contribution in [0.15, 0.2) is 12.4 Å². The van der Waals surface area contributed by atoms with Gasteiger partial charge in [0.1, 0.15) is 0 Å². The van der Waals surface area contributed by atoms with Gasteiger partial charge in [0.15, 0.2) is 0 Å². The zero-order valence-corrected chi connectivity index (χ0v) is 8.73. The number of nitrogens with zero attached hydrogens (tertiary/aromatic N) is 3. The third-order valence-electron chi connectivity index (χ3n) is 2.35. The highest BCUT2D eigenvalue weighted by Crippen LogP contribution is 2.15. The lowest BCUT2D eigenvalue weighted by Crippen LogP contribution is -2.20. The third kappa shape index (κ3) is 2.43. The fraction of sp³-hybridized carbons (Fsp3) is 0.500. The number of rotatable bonds is 2. The number of amides is 1. The number of carbonyl (C=O) groups is 1. The second kappa shape index (κ2) is 4.25. The van der Waals surface area contributed by atoms with Crippen LogP contribution in [0, 0.1) is 0 Å². The summed E-state index contributed by atoms with van der Waals surface area (Å²) in [4.78, 5) is 21.4. The average molecular weight is 206 g/mol. The molecule has 0 atom stereocenters. The van der Waals surface area contributed by atoms with E-state index in [0.29, 0.717) is 5.69 Å². The highest BCUT2D eigenvalue weighted by atomic mass is 16.1. The predicted molar refractivity (Wildman–Crippen MR) is 57.8 cm³/mol. The molecule has 1 fully saturated rings. The van der Waals surface area contributed by atoms with Crippen molar-refractivity contribution >= 4 is 17.5 Å². The van der Waals surface area contributed by atoms with Crippen molar-refractivity contribution < 1.29 is 4.79 Å². The molecule has 1 aromatic rings. The van der Waals surface area contributed by atoms with E-state index in [0.717, 1.165) is 19.0 Å². The molecule has 0 spiro atoms. The molecule has 2 heterocycles. The Balaban J connectivity index is 2.06. The molecule has 1 aliphatic rings. The molecule has 0 radical (unpaired) electrons. The Kier molecular flexibility index (Phi) is 2.80. The molecule has 1 aliphatic heterocycles. The standard InChI is InChI=1S/C10H14N4O/c1-8(15)13-9-6-11-10(12-7-9)14-4-2-3-5-14/h6-7H,2-5H2,1H3,(H,13,15). The summed E-state index contributed by atoms with van der Waals surface area (Å²) in [6, 6.07) is 0. The fourth-order valence-corrected chi connectivity index (χ4v) is 1.67. The molecular weight excluding hydrogens is 192 g/mol. The molecule has 80 valence electrons. The van der Waals surface area contributed by atoms with Crippen molar-refractivity contribution in [1.82, 2.24) is 9.97 Å². The summed E-state index contributed by atoms with van der Waals surface area (Å²) in [6.07, 6.45) is 5.69. The molecule has 5 nitrogen and oxygen atoms in total. The average Bonchev–Trinajstić information content (AvgIpc) is 2.71. The topological polar surface area (TPSA) is 58.1 Å². The minimum atomic E-state index is -0.104. The molecule has 15 heavy (non-hydrogen) atoms. The van der Waals surface area contributed by atoms with E-state index in [-0.39, 0.29) is 5.91 Å². The Morgan fingerprint density at radius 1 is 1.33 bits per heavy atom. The van der Waals surface area contributed by atoms with Crippen molar-refractivity contribution in [2.45, 2.75) is 19.8 Å². The number of carbonyl (C=O) groups excluding carboxylic acids is 1. The molecule has 0 bridgehead atoms. The minimum Gasteiger partial charge on any atom is -0.341 e. The van der Waals surface area contributed by atoms with Gasteiger partial charge < -0.3 is 10.2 Å². The summed E-state index contributed by atoms with van der Waals surface area (Å²) in [5.41, 5.74) is 0.644. The second-order valence-corrected chi connectivity index (χ2v) is 3.65. The Morgan fingerprint density at radius 2 is 1.93 bits per heavy atom. The molecule has 0 aliphatic carbocycles. The summed E-state index contributed by atoms with van der Waals surface area (Å²) in [5, 5.41) is 2.64. The van der Waals surface area contributed by atoms with Crippen LogP contribution in [0.25, 0.3) is 0 Å². The van der Waals surface area contributed by atoms with Gasteiger partial charge in [0.05, 0.1) is 18.1 Å². The van der Waals surface area contributed by atoms with Crippen molar-refractivity contribution in [3.63, 3.8) is 0 Å². The molecule has 5 heteroatoms. The second-order valence-electron chi connectivity index (χ2n) is 3.65. The van der Waals surface area contributed by atoms with Crippen molar-refractivity contribution in [3.8, 4) is 0 Å². The van der Waals surface area contributed by atoms with Gasteiger partial charge in [-0.1, -0.05) is 0 Å². The van der Waals surface area contributed by atoms with Crippen LogP contribution in [0.3, 0.4) is 0 Å². The molecule has 1 amide bonds. The van der Waals surface area contributed by atoms with Crippen LogP contribution >= 0.6 is 0 Å². The molecule has 0 unspecified atom stereocenters. The highest BCUT2D eigenvalue weighted by molar-refractivity contribution is 5.88. The van der Waals surface area contributed by atoms with E-state index in [1.54, 1.807) is 12.4 Å². The molecule has 0 aromatic carbocycles. The van der Waals surface area contributed by atoms with E-state index >= 15 is 0 Å². The lowest BCUT2D eigenvalue weighted by atomic mass is 10.4. The minimum absolute atomic E-state index is 0.104. The van der Waals surface area contributed by atoms with Crippen molar-refractivity contribution in [2.75, 3.05) is 23.3 Å². The van der Waals surface area contributed by atoms with E-state index in [1.165, 1.54) is 19.8 Å². The number of anilines is 2. The van der Waals surface area contributed by atoms with Gasteiger partial charge in [-0.25, -0.2) is 9.97 Å². The first-order valence-corrected chi connectivity index (χ1v) is 5.10. The first-order chi connectivity index (χ1) is 7.25. The van der Waals surface area contributed by atoms with Gasteiger partial charge in [-0.15, -0.1) is 0 Å². The van der Waals surface area contributed by atoms with Crippen LogP contribution in [0.4, 0.5) is 11.6 Å². The molecule has 1 N–H and O–H groups in total. The number of nitrogens with one attached hydrogen (secondary N) is 1. The van der Waals surface area contributed by atoms with Crippen LogP contribution in [0.1, 0.15) is 19.8 Å². The van der Waals surface area contributed by atoms with Gasteiger partial charge in [0.2, 0.25) is 11.9 Å². The fourth-order valence-electron chi connectivity index (χ4n) is 1.67. The summed E-state index contributed by atoms with van der Waals surface area (Å²) in [6.45, 7) is 3.52. The van der Waals surface area contributed by atoms with E-state index in [4.69, 9.17) is 0 Å². The number of hydrogen-bond donors (Lipinski definition) is 1. The molecular formula is C10H14N4O. The van der Waals surface area contributed by atoms with Crippen LogP contribution < -0.4 is 10.2 Å². The monoisotopic (exact) mass is 206 g/mol. The van der Waals surface area contributed by atoms with Crippen molar-refractivity contribution in [1.29, 1.82) is 0 Å². The summed E-state index contributed by atoms with van der Waals surface area (Å²) < 4.78 is 0. The number of hydrogen-bond acceptors (Lipinski definition) is 4. The molecule has 1 saturated heterocycles. The van der Waals surface area contributed by atoms with Gasteiger partial charge in [-0.2, -0.15) is 0 Å². The van der Waals surface area contributed by atoms with Crippen LogP contribution in [0.5, 0.6) is 0 Å². The molecule has 2 rings (SSSR count). The maximum Gasteiger partial charge on any atom is 0.225 e. The Hall–Kier alpha value is -1.65. The lowest BCUT2D eigenvalue weighted by molar-refractivity contribution is -0.114. The van der Waals surface area contributed by atoms with Gasteiger partial charge in [-0.3, -0.25) is 4.79 Å². The quantitative estimate of drug-likeness (QED) is 0.785. The zero-order valence-electron chi connectivity index (χ0n) is 8.73. The third-order valence-corrected chi connectivity index (χ3v) is 2.35. The van der Waals surface area contributed by atoms with Crippen molar-refractivity contribution in [3.05, 3.63) is 12.4 Å².